The van der Waals surface area contributed by atoms with Crippen LogP contribution in [0.1, 0.15) is 5.56 Å². The first kappa shape index (κ1) is 22.8. The Labute approximate surface area is 177 Å². The van der Waals surface area contributed by atoms with E-state index >= 15 is 0 Å². The lowest BCUT2D eigenvalue weighted by atomic mass is 10.2. The molecule has 0 spiro atoms. The van der Waals surface area contributed by atoms with Crippen molar-refractivity contribution < 1.29 is 31.1 Å². The number of ether oxygens (including phenoxy) is 1. The summed E-state index contributed by atoms with van der Waals surface area (Å²) in [5.41, 5.74) is -0.0734. The van der Waals surface area contributed by atoms with Gasteiger partial charge in [0, 0.05) is 17.5 Å². The number of pyridine rings is 1. The van der Waals surface area contributed by atoms with Gasteiger partial charge in [0.05, 0.1) is 11.8 Å². The van der Waals surface area contributed by atoms with Crippen molar-refractivity contribution in [1.82, 2.24) is 4.98 Å². The lowest BCUT2D eigenvalue weighted by Gasteiger charge is -2.15. The van der Waals surface area contributed by atoms with Gasteiger partial charge in [-0.25, -0.2) is 9.98 Å². The first-order chi connectivity index (χ1) is 15.0. The van der Waals surface area contributed by atoms with Gasteiger partial charge in [-0.1, -0.05) is 6.58 Å². The van der Waals surface area contributed by atoms with Crippen molar-refractivity contribution in [3.8, 4) is 5.75 Å². The van der Waals surface area contributed by atoms with Crippen molar-refractivity contribution in [2.24, 2.45) is 15.1 Å². The van der Waals surface area contributed by atoms with Crippen molar-refractivity contribution in [2.75, 3.05) is 17.0 Å². The van der Waals surface area contributed by atoms with Gasteiger partial charge in [0.2, 0.25) is 0 Å². The Bertz CT molecular complexity index is 1060. The lowest BCUT2D eigenvalue weighted by molar-refractivity contribution is -0.274. The van der Waals surface area contributed by atoms with E-state index in [9.17, 15) is 26.3 Å². The quantitative estimate of drug-likeness (QED) is 0.383. The number of nitrogens with zero attached hydrogens (tertiary/aromatic N) is 5. The summed E-state index contributed by atoms with van der Waals surface area (Å²) in [6.07, 6.45) is -5.85. The van der Waals surface area contributed by atoms with Gasteiger partial charge in [-0.3, -0.25) is 4.99 Å². The zero-order valence-corrected chi connectivity index (χ0v) is 16.0. The third kappa shape index (κ3) is 6.06. The molecule has 0 aliphatic carbocycles. The molecule has 0 atom stereocenters. The minimum Gasteiger partial charge on any atom is -0.406 e. The van der Waals surface area contributed by atoms with Crippen molar-refractivity contribution in [3.63, 3.8) is 0 Å². The largest absolute Gasteiger partial charge is 0.573 e. The number of rotatable bonds is 6. The molecule has 0 saturated carbocycles. The second-order valence-electron chi connectivity index (χ2n) is 6.14. The molecule has 1 aliphatic rings. The summed E-state index contributed by atoms with van der Waals surface area (Å²) in [5.74, 6) is -0.323. The average molecular weight is 456 g/mol. The van der Waals surface area contributed by atoms with Gasteiger partial charge in [-0.2, -0.15) is 23.3 Å². The highest BCUT2D eigenvalue weighted by Gasteiger charge is 2.32. The van der Waals surface area contributed by atoms with E-state index in [2.05, 4.69) is 36.7 Å². The molecule has 0 amide bonds. The van der Waals surface area contributed by atoms with Crippen LogP contribution in [0.2, 0.25) is 0 Å². The molecule has 2 aromatic rings. The van der Waals surface area contributed by atoms with Gasteiger partial charge < -0.3 is 10.1 Å². The number of hydrazone groups is 1. The summed E-state index contributed by atoms with van der Waals surface area (Å²) in [6.45, 7) is 3.74. The topological polar surface area (TPSA) is 74.5 Å². The normalized spacial score (nSPS) is 15.8. The predicted molar refractivity (Wildman–Crippen MR) is 107 cm³/mol. The third-order valence-electron chi connectivity index (χ3n) is 3.83. The highest BCUT2D eigenvalue weighted by molar-refractivity contribution is 6.26. The number of benzene rings is 1. The number of amidine groups is 1. The molecule has 7 nitrogen and oxygen atoms in total. The lowest BCUT2D eigenvalue weighted by Crippen LogP contribution is -2.23. The van der Waals surface area contributed by atoms with E-state index in [-0.39, 0.29) is 24.1 Å². The minimum atomic E-state index is -4.77. The third-order valence-corrected chi connectivity index (χ3v) is 3.83. The van der Waals surface area contributed by atoms with E-state index in [4.69, 9.17) is 0 Å². The molecule has 0 unspecified atom stereocenters. The van der Waals surface area contributed by atoms with Crippen LogP contribution in [0.25, 0.3) is 0 Å². The maximum atomic E-state index is 12.9. The molecule has 0 radical (unpaired) electrons. The van der Waals surface area contributed by atoms with Gasteiger partial charge in [0.1, 0.15) is 18.8 Å². The van der Waals surface area contributed by atoms with Gasteiger partial charge >= 0.3 is 12.5 Å². The maximum Gasteiger partial charge on any atom is 0.573 e. The molecule has 1 N–H and O–H groups in total. The minimum absolute atomic E-state index is 0.0192. The van der Waals surface area contributed by atoms with Crippen molar-refractivity contribution in [1.29, 1.82) is 0 Å². The first-order valence-electron chi connectivity index (χ1n) is 8.75. The number of alkyl halides is 6. The Hall–Kier alpha value is -3.90. The van der Waals surface area contributed by atoms with Crippen LogP contribution in [0.4, 0.5) is 37.8 Å². The van der Waals surface area contributed by atoms with Crippen LogP contribution in [0, 0.1) is 0 Å². The number of aliphatic imine (C=N–C) groups is 2. The van der Waals surface area contributed by atoms with Crippen LogP contribution < -0.4 is 15.1 Å². The van der Waals surface area contributed by atoms with E-state index < -0.39 is 18.1 Å². The highest BCUT2D eigenvalue weighted by Crippen LogP contribution is 2.31. The molecule has 2 heterocycles. The molecular weight excluding hydrogens is 442 g/mol. The van der Waals surface area contributed by atoms with Crippen molar-refractivity contribution in [3.05, 3.63) is 60.3 Å². The summed E-state index contributed by atoms with van der Waals surface area (Å²) in [6, 6.07) is 6.69. The standard InChI is InChI=1S/C19H14F6N6O/c1-12-9-30-31(16-8-13(6-7-27-16)18(20,21)22)17(12)29-11-26-10-28-14-2-4-15(5-3-14)32-19(23,24)25/h2-9,11,28H,1,10H2/b26-11-,29-17+. The molecule has 168 valence electrons. The molecule has 32 heavy (non-hydrogen) atoms. The maximum absolute atomic E-state index is 12.9. The second kappa shape index (κ2) is 9.08. The Kier molecular flexibility index (Phi) is 6.46. The number of hydrogen-bond acceptors (Lipinski definition) is 5. The number of halogens is 6. The van der Waals surface area contributed by atoms with Crippen LogP contribution in [0.3, 0.4) is 0 Å². The zero-order valence-electron chi connectivity index (χ0n) is 16.0. The van der Waals surface area contributed by atoms with Crippen LogP contribution in [-0.4, -0.2) is 36.4 Å². The molecule has 3 rings (SSSR count). The monoisotopic (exact) mass is 456 g/mol. The molecule has 13 heteroatoms. The SMILES string of the molecule is C=C1C=NN(c2cc(C(F)(F)F)ccn2)/C1=N/C=N\CNc1ccc(OC(F)(F)F)cc1. The Morgan fingerprint density at radius 3 is 2.47 bits per heavy atom. The molecular formula is C19H14F6N6O. The Balaban J connectivity index is 1.62. The van der Waals surface area contributed by atoms with E-state index in [0.29, 0.717) is 11.3 Å². The number of anilines is 2. The van der Waals surface area contributed by atoms with E-state index in [0.717, 1.165) is 41.8 Å². The average Bonchev–Trinajstić information content (AvgIpc) is 3.08. The number of hydrogen-bond donors (Lipinski definition) is 1. The highest BCUT2D eigenvalue weighted by atomic mass is 19.4. The van der Waals surface area contributed by atoms with Crippen molar-refractivity contribution >= 4 is 29.9 Å². The molecule has 1 aliphatic heterocycles. The van der Waals surface area contributed by atoms with Crippen LogP contribution in [0.15, 0.2) is 69.8 Å². The van der Waals surface area contributed by atoms with Gasteiger partial charge in [-0.05, 0) is 36.4 Å². The van der Waals surface area contributed by atoms with Crippen LogP contribution in [-0.2, 0) is 6.18 Å². The molecule has 1 aromatic carbocycles. The second-order valence-corrected chi connectivity index (χ2v) is 6.14. The summed E-state index contributed by atoms with van der Waals surface area (Å²) < 4.78 is 79.0. The predicted octanol–water partition coefficient (Wildman–Crippen LogP) is 4.86. The van der Waals surface area contributed by atoms with Crippen molar-refractivity contribution in [2.45, 2.75) is 12.5 Å². The fraction of sp³-hybridized carbons (Fsp3) is 0.158. The van der Waals surface area contributed by atoms with E-state index in [1.54, 1.807) is 0 Å². The van der Waals surface area contributed by atoms with Crippen LogP contribution >= 0.6 is 0 Å². The van der Waals surface area contributed by atoms with Gasteiger partial charge in [-0.15, -0.1) is 13.2 Å². The first-order valence-corrected chi connectivity index (χ1v) is 8.75. The summed E-state index contributed by atoms with van der Waals surface area (Å²) in [5, 5.41) is 7.87. The van der Waals surface area contributed by atoms with Gasteiger partial charge in [0.15, 0.2) is 11.7 Å². The molecule has 0 fully saturated rings. The summed E-state index contributed by atoms with van der Waals surface area (Å²) in [4.78, 5) is 11.9. The number of aromatic nitrogens is 1. The van der Waals surface area contributed by atoms with Crippen LogP contribution in [0.5, 0.6) is 5.75 Å². The molecule has 0 saturated heterocycles. The van der Waals surface area contributed by atoms with Gasteiger partial charge in [0.25, 0.3) is 0 Å². The summed E-state index contributed by atoms with van der Waals surface area (Å²) in [7, 11) is 0. The zero-order chi connectivity index (χ0) is 23.4. The smallest absolute Gasteiger partial charge is 0.406 e. The number of nitrogens with one attached hydrogen (secondary N) is 1. The molecule has 0 bridgehead atoms. The van der Waals surface area contributed by atoms with E-state index in [1.807, 2.05) is 0 Å². The Morgan fingerprint density at radius 1 is 1.09 bits per heavy atom. The fourth-order valence-corrected chi connectivity index (χ4v) is 2.44. The molecule has 1 aromatic heterocycles. The fourth-order valence-electron chi connectivity index (χ4n) is 2.44. The summed E-state index contributed by atoms with van der Waals surface area (Å²) >= 11 is 0. The Morgan fingerprint density at radius 2 is 1.81 bits per heavy atom. The van der Waals surface area contributed by atoms with E-state index in [1.165, 1.54) is 18.3 Å².